The molecule has 1 aliphatic heterocycles. The van der Waals surface area contributed by atoms with Crippen LogP contribution in [0.15, 0.2) is 48.5 Å². The summed E-state index contributed by atoms with van der Waals surface area (Å²) in [5, 5.41) is 0. The van der Waals surface area contributed by atoms with Crippen LogP contribution in [0.5, 0.6) is 0 Å². The SMILES string of the molecule is Cc1cccc(C(=O)N2C[C@@H](N)[C@H](c3ccccc3)C2)n1. The molecule has 0 bridgehead atoms. The van der Waals surface area contributed by atoms with E-state index in [2.05, 4.69) is 17.1 Å². The number of aryl methyl sites for hydroxylation is 1. The van der Waals surface area contributed by atoms with Crippen LogP contribution in [-0.2, 0) is 0 Å². The zero-order valence-electron chi connectivity index (χ0n) is 12.1. The number of hydrogen-bond acceptors (Lipinski definition) is 3. The van der Waals surface area contributed by atoms with Crippen molar-refractivity contribution in [3.05, 3.63) is 65.5 Å². The van der Waals surface area contributed by atoms with Crippen LogP contribution < -0.4 is 5.73 Å². The summed E-state index contributed by atoms with van der Waals surface area (Å²) in [6, 6.07) is 15.6. The fourth-order valence-electron chi connectivity index (χ4n) is 2.87. The number of aromatic nitrogens is 1. The van der Waals surface area contributed by atoms with Crippen LogP contribution in [0.3, 0.4) is 0 Å². The van der Waals surface area contributed by atoms with E-state index in [9.17, 15) is 4.79 Å². The van der Waals surface area contributed by atoms with Crippen molar-refractivity contribution < 1.29 is 4.79 Å². The molecular formula is C17H19N3O. The van der Waals surface area contributed by atoms with E-state index in [1.807, 2.05) is 42.2 Å². The molecule has 1 fully saturated rings. The Morgan fingerprint density at radius 2 is 1.90 bits per heavy atom. The van der Waals surface area contributed by atoms with Gasteiger partial charge in [-0.3, -0.25) is 4.79 Å². The third kappa shape index (κ3) is 2.81. The van der Waals surface area contributed by atoms with Crippen LogP contribution in [-0.4, -0.2) is 34.9 Å². The number of nitrogens with zero attached hydrogens (tertiary/aromatic N) is 2. The highest BCUT2D eigenvalue weighted by molar-refractivity contribution is 5.92. The number of pyridine rings is 1. The second-order valence-corrected chi connectivity index (χ2v) is 5.56. The fraction of sp³-hybridized carbons (Fsp3) is 0.294. The largest absolute Gasteiger partial charge is 0.335 e. The summed E-state index contributed by atoms with van der Waals surface area (Å²) >= 11 is 0. The zero-order valence-corrected chi connectivity index (χ0v) is 12.1. The van der Waals surface area contributed by atoms with Gasteiger partial charge in [-0.2, -0.15) is 0 Å². The lowest BCUT2D eigenvalue weighted by Gasteiger charge is -2.16. The lowest BCUT2D eigenvalue weighted by molar-refractivity contribution is 0.0783. The first-order valence-corrected chi connectivity index (χ1v) is 7.18. The normalized spacial score (nSPS) is 21.5. The summed E-state index contributed by atoms with van der Waals surface area (Å²) in [5.74, 6) is 0.160. The van der Waals surface area contributed by atoms with Crippen LogP contribution in [0, 0.1) is 6.92 Å². The average Bonchev–Trinajstić information content (AvgIpc) is 2.89. The second kappa shape index (κ2) is 5.66. The molecule has 1 amide bonds. The number of hydrogen-bond donors (Lipinski definition) is 1. The molecule has 0 saturated carbocycles. The minimum atomic E-state index is -0.0346. The molecule has 1 aromatic heterocycles. The van der Waals surface area contributed by atoms with Gasteiger partial charge in [-0.1, -0.05) is 36.4 Å². The van der Waals surface area contributed by atoms with Crippen molar-refractivity contribution in [3.8, 4) is 0 Å². The standard InChI is InChI=1S/C17H19N3O/c1-12-6-5-9-16(19-12)17(21)20-10-14(15(18)11-20)13-7-3-2-4-8-13/h2-9,14-15H,10-11,18H2,1H3/t14-,15+/m0/s1. The molecule has 1 aliphatic rings. The summed E-state index contributed by atoms with van der Waals surface area (Å²) < 4.78 is 0. The highest BCUT2D eigenvalue weighted by Crippen LogP contribution is 2.27. The molecule has 2 atom stereocenters. The van der Waals surface area contributed by atoms with Gasteiger partial charge in [-0.15, -0.1) is 0 Å². The molecule has 2 heterocycles. The van der Waals surface area contributed by atoms with Crippen LogP contribution >= 0.6 is 0 Å². The molecule has 0 aliphatic carbocycles. The quantitative estimate of drug-likeness (QED) is 0.915. The summed E-state index contributed by atoms with van der Waals surface area (Å²) in [6.45, 7) is 3.12. The van der Waals surface area contributed by atoms with Crippen molar-refractivity contribution in [1.82, 2.24) is 9.88 Å². The maximum Gasteiger partial charge on any atom is 0.272 e. The van der Waals surface area contributed by atoms with E-state index in [4.69, 9.17) is 5.73 Å². The van der Waals surface area contributed by atoms with Crippen LogP contribution in [0.1, 0.15) is 27.7 Å². The van der Waals surface area contributed by atoms with E-state index in [-0.39, 0.29) is 17.9 Å². The van der Waals surface area contributed by atoms with Crippen molar-refractivity contribution in [2.75, 3.05) is 13.1 Å². The summed E-state index contributed by atoms with van der Waals surface area (Å²) in [5.41, 5.74) is 8.77. The molecule has 4 heteroatoms. The summed E-state index contributed by atoms with van der Waals surface area (Å²) in [7, 11) is 0. The van der Waals surface area contributed by atoms with Crippen molar-refractivity contribution in [2.45, 2.75) is 18.9 Å². The Balaban J connectivity index is 1.78. The van der Waals surface area contributed by atoms with Gasteiger partial charge < -0.3 is 10.6 Å². The summed E-state index contributed by atoms with van der Waals surface area (Å²) in [4.78, 5) is 18.6. The van der Waals surface area contributed by atoms with Gasteiger partial charge in [0.25, 0.3) is 5.91 Å². The maximum absolute atomic E-state index is 12.5. The molecule has 0 radical (unpaired) electrons. The Morgan fingerprint density at radius 1 is 1.14 bits per heavy atom. The Kier molecular flexibility index (Phi) is 3.71. The number of rotatable bonds is 2. The Bertz CT molecular complexity index is 641. The summed E-state index contributed by atoms with van der Waals surface area (Å²) in [6.07, 6.45) is 0. The average molecular weight is 281 g/mol. The topological polar surface area (TPSA) is 59.2 Å². The number of carbonyl (C=O) groups is 1. The first-order chi connectivity index (χ1) is 10.1. The van der Waals surface area contributed by atoms with Crippen molar-refractivity contribution >= 4 is 5.91 Å². The minimum Gasteiger partial charge on any atom is -0.335 e. The smallest absolute Gasteiger partial charge is 0.272 e. The van der Waals surface area contributed by atoms with E-state index in [1.165, 1.54) is 5.56 Å². The van der Waals surface area contributed by atoms with Gasteiger partial charge >= 0.3 is 0 Å². The fourth-order valence-corrected chi connectivity index (χ4v) is 2.87. The molecule has 0 spiro atoms. The van der Waals surface area contributed by atoms with Crippen LogP contribution in [0.2, 0.25) is 0 Å². The van der Waals surface area contributed by atoms with Gasteiger partial charge in [0.05, 0.1) is 0 Å². The molecular weight excluding hydrogens is 262 g/mol. The molecule has 4 nitrogen and oxygen atoms in total. The third-order valence-electron chi connectivity index (χ3n) is 3.99. The lowest BCUT2D eigenvalue weighted by Crippen LogP contribution is -2.32. The molecule has 2 aromatic rings. The van der Waals surface area contributed by atoms with Crippen molar-refractivity contribution in [2.24, 2.45) is 5.73 Å². The molecule has 108 valence electrons. The maximum atomic E-state index is 12.5. The van der Waals surface area contributed by atoms with Gasteiger partial charge in [-0.05, 0) is 24.6 Å². The van der Waals surface area contributed by atoms with E-state index in [0.717, 1.165) is 5.69 Å². The lowest BCUT2D eigenvalue weighted by atomic mass is 9.95. The van der Waals surface area contributed by atoms with Crippen LogP contribution in [0.25, 0.3) is 0 Å². The first kappa shape index (κ1) is 13.8. The van der Waals surface area contributed by atoms with E-state index >= 15 is 0 Å². The molecule has 1 aromatic carbocycles. The minimum absolute atomic E-state index is 0.0267. The first-order valence-electron chi connectivity index (χ1n) is 7.18. The third-order valence-corrected chi connectivity index (χ3v) is 3.99. The number of amides is 1. The highest BCUT2D eigenvalue weighted by Gasteiger charge is 2.34. The van der Waals surface area contributed by atoms with Gasteiger partial charge in [0.1, 0.15) is 5.69 Å². The molecule has 0 unspecified atom stereocenters. The van der Waals surface area contributed by atoms with Gasteiger partial charge in [0.15, 0.2) is 0 Å². The van der Waals surface area contributed by atoms with Gasteiger partial charge in [-0.25, -0.2) is 4.98 Å². The highest BCUT2D eigenvalue weighted by atomic mass is 16.2. The van der Waals surface area contributed by atoms with Crippen molar-refractivity contribution in [3.63, 3.8) is 0 Å². The molecule has 2 N–H and O–H groups in total. The molecule has 21 heavy (non-hydrogen) atoms. The monoisotopic (exact) mass is 281 g/mol. The predicted molar refractivity (Wildman–Crippen MR) is 82.0 cm³/mol. The van der Waals surface area contributed by atoms with E-state index in [1.54, 1.807) is 6.07 Å². The number of likely N-dealkylation sites (tertiary alicyclic amines) is 1. The molecule has 1 saturated heterocycles. The van der Waals surface area contributed by atoms with Crippen molar-refractivity contribution in [1.29, 1.82) is 0 Å². The Hall–Kier alpha value is -2.20. The Morgan fingerprint density at radius 3 is 2.62 bits per heavy atom. The second-order valence-electron chi connectivity index (χ2n) is 5.56. The van der Waals surface area contributed by atoms with Crippen LogP contribution in [0.4, 0.5) is 0 Å². The number of carbonyl (C=O) groups excluding carboxylic acids is 1. The van der Waals surface area contributed by atoms with E-state index < -0.39 is 0 Å². The zero-order chi connectivity index (χ0) is 14.8. The number of benzene rings is 1. The Labute approximate surface area is 124 Å². The number of nitrogens with two attached hydrogens (primary N) is 1. The van der Waals surface area contributed by atoms with E-state index in [0.29, 0.717) is 18.8 Å². The molecule has 3 rings (SSSR count). The van der Waals surface area contributed by atoms with Gasteiger partial charge in [0.2, 0.25) is 0 Å². The van der Waals surface area contributed by atoms with Gasteiger partial charge in [0, 0.05) is 30.7 Å². The predicted octanol–water partition coefficient (Wildman–Crippen LogP) is 1.96.